The molecule has 1 fully saturated rings. The third kappa shape index (κ3) is 3.83. The summed E-state index contributed by atoms with van der Waals surface area (Å²) in [5.74, 6) is 1.66. The number of ketones is 1. The van der Waals surface area contributed by atoms with Gasteiger partial charge in [0.1, 0.15) is 17.2 Å². The topological polar surface area (TPSA) is 74.4 Å². The van der Waals surface area contributed by atoms with E-state index in [2.05, 4.69) is 43.9 Å². The summed E-state index contributed by atoms with van der Waals surface area (Å²) in [6.45, 7) is 4.05. The number of piperazine rings is 1. The fraction of sp³-hybridized carbons (Fsp3) is 0.240. The molecule has 5 rings (SSSR count). The molecular formula is C25H25N5O2. The lowest BCUT2D eigenvalue weighted by Gasteiger charge is -2.33. The quantitative estimate of drug-likeness (QED) is 0.491. The Balaban J connectivity index is 1.42. The number of aromatic nitrogens is 3. The molecular weight excluding hydrogens is 402 g/mol. The molecule has 7 heteroatoms. The van der Waals surface area contributed by atoms with Gasteiger partial charge in [-0.15, -0.1) is 0 Å². The molecule has 1 saturated heterocycles. The van der Waals surface area contributed by atoms with Crippen LogP contribution < -0.4 is 9.64 Å². The van der Waals surface area contributed by atoms with Gasteiger partial charge >= 0.3 is 0 Å². The van der Waals surface area contributed by atoms with Crippen molar-refractivity contribution < 1.29 is 9.53 Å². The maximum Gasteiger partial charge on any atom is 0.195 e. The molecule has 0 aliphatic carbocycles. The van der Waals surface area contributed by atoms with E-state index in [9.17, 15) is 4.79 Å². The molecule has 0 unspecified atom stereocenters. The van der Waals surface area contributed by atoms with Crippen molar-refractivity contribution in [2.45, 2.75) is 0 Å². The van der Waals surface area contributed by atoms with Crippen LogP contribution in [0, 0.1) is 0 Å². The Morgan fingerprint density at radius 1 is 0.969 bits per heavy atom. The maximum absolute atomic E-state index is 13.1. The number of anilines is 1. The Morgan fingerprint density at radius 2 is 1.72 bits per heavy atom. The first-order valence-corrected chi connectivity index (χ1v) is 10.7. The molecule has 1 N–H and O–H groups in total. The first-order chi connectivity index (χ1) is 15.6. The number of pyridine rings is 2. The fourth-order valence-corrected chi connectivity index (χ4v) is 4.03. The third-order valence-electron chi connectivity index (χ3n) is 6.04. The second-order valence-corrected chi connectivity index (χ2v) is 8.08. The Hall–Kier alpha value is -3.71. The molecule has 162 valence electrons. The summed E-state index contributed by atoms with van der Waals surface area (Å²) in [4.78, 5) is 30.1. The number of H-pyrrole nitrogens is 1. The molecule has 1 aromatic carbocycles. The molecule has 0 atom stereocenters. The third-order valence-corrected chi connectivity index (χ3v) is 6.04. The van der Waals surface area contributed by atoms with Gasteiger partial charge in [0.2, 0.25) is 0 Å². The number of benzene rings is 1. The second-order valence-electron chi connectivity index (χ2n) is 8.08. The van der Waals surface area contributed by atoms with Gasteiger partial charge in [0.15, 0.2) is 5.78 Å². The van der Waals surface area contributed by atoms with Gasteiger partial charge in [-0.25, -0.2) is 9.97 Å². The van der Waals surface area contributed by atoms with E-state index in [-0.39, 0.29) is 5.78 Å². The van der Waals surface area contributed by atoms with Crippen molar-refractivity contribution in [3.8, 4) is 16.9 Å². The Morgan fingerprint density at radius 3 is 2.41 bits per heavy atom. The monoisotopic (exact) mass is 427 g/mol. The summed E-state index contributed by atoms with van der Waals surface area (Å²) in [6.07, 6.45) is 5.42. The number of aromatic amines is 1. The van der Waals surface area contributed by atoms with Crippen LogP contribution in [-0.2, 0) is 0 Å². The summed E-state index contributed by atoms with van der Waals surface area (Å²) >= 11 is 0. The molecule has 1 aliphatic rings. The van der Waals surface area contributed by atoms with Crippen LogP contribution >= 0.6 is 0 Å². The molecule has 0 radical (unpaired) electrons. The highest BCUT2D eigenvalue weighted by molar-refractivity contribution is 6.16. The van der Waals surface area contributed by atoms with E-state index in [4.69, 9.17) is 4.74 Å². The van der Waals surface area contributed by atoms with Crippen molar-refractivity contribution >= 4 is 22.6 Å². The minimum atomic E-state index is -0.0543. The van der Waals surface area contributed by atoms with Crippen LogP contribution in [0.3, 0.4) is 0 Å². The lowest BCUT2D eigenvalue weighted by atomic mass is 10.0. The van der Waals surface area contributed by atoms with E-state index in [1.807, 2.05) is 18.5 Å². The van der Waals surface area contributed by atoms with Crippen LogP contribution in [0.4, 0.5) is 5.82 Å². The van der Waals surface area contributed by atoms with Gasteiger partial charge in [-0.05, 0) is 49.5 Å². The van der Waals surface area contributed by atoms with Gasteiger partial charge in [0.25, 0.3) is 0 Å². The number of hydrogen-bond donors (Lipinski definition) is 1. The van der Waals surface area contributed by atoms with E-state index in [0.717, 1.165) is 54.3 Å². The Labute approximate surface area is 186 Å². The van der Waals surface area contributed by atoms with E-state index >= 15 is 0 Å². The zero-order valence-corrected chi connectivity index (χ0v) is 18.2. The number of carbonyl (C=O) groups excluding carboxylic acids is 1. The highest BCUT2D eigenvalue weighted by Gasteiger charge is 2.17. The van der Waals surface area contributed by atoms with Gasteiger partial charge in [-0.1, -0.05) is 0 Å². The number of carbonyl (C=O) groups is 1. The number of hydrogen-bond acceptors (Lipinski definition) is 6. The van der Waals surface area contributed by atoms with Crippen LogP contribution in [0.1, 0.15) is 15.9 Å². The minimum absolute atomic E-state index is 0.0543. The zero-order chi connectivity index (χ0) is 22.1. The summed E-state index contributed by atoms with van der Waals surface area (Å²) in [5.41, 5.74) is 3.80. The predicted molar refractivity (Wildman–Crippen MR) is 125 cm³/mol. The van der Waals surface area contributed by atoms with Crippen LogP contribution in [-0.4, -0.2) is 66.0 Å². The molecule has 4 aromatic rings. The van der Waals surface area contributed by atoms with E-state index in [1.165, 1.54) is 0 Å². The molecule has 0 amide bonds. The van der Waals surface area contributed by atoms with Crippen molar-refractivity contribution in [1.29, 1.82) is 0 Å². The van der Waals surface area contributed by atoms with E-state index in [1.54, 1.807) is 37.6 Å². The van der Waals surface area contributed by atoms with Crippen molar-refractivity contribution in [2.24, 2.45) is 0 Å². The standard InChI is InChI=1S/C25H25N5O2/c1-29-9-11-30(12-10-29)23-8-5-18(14-26-23)19-13-21-22(16-28-25(21)27-15-19)24(31)17-3-6-20(32-2)7-4-17/h3-8,13-16H,9-12H2,1-2H3,(H,27,28). The smallest absolute Gasteiger partial charge is 0.195 e. The zero-order valence-electron chi connectivity index (χ0n) is 18.2. The van der Waals surface area contributed by atoms with E-state index in [0.29, 0.717) is 16.8 Å². The summed E-state index contributed by atoms with van der Waals surface area (Å²) in [5, 5.41) is 0.798. The molecule has 3 aromatic heterocycles. The first kappa shape index (κ1) is 20.2. The van der Waals surface area contributed by atoms with Gasteiger partial charge in [-0.2, -0.15) is 0 Å². The van der Waals surface area contributed by atoms with Crippen molar-refractivity contribution in [3.05, 3.63) is 72.2 Å². The van der Waals surface area contributed by atoms with Crippen LogP contribution in [0.15, 0.2) is 61.1 Å². The maximum atomic E-state index is 13.1. The fourth-order valence-electron chi connectivity index (χ4n) is 4.03. The minimum Gasteiger partial charge on any atom is -0.497 e. The molecule has 0 bridgehead atoms. The van der Waals surface area contributed by atoms with Crippen molar-refractivity contribution in [3.63, 3.8) is 0 Å². The van der Waals surface area contributed by atoms with Gasteiger partial charge in [-0.3, -0.25) is 4.79 Å². The molecule has 0 spiro atoms. The number of fused-ring (bicyclic) bond motifs is 1. The highest BCUT2D eigenvalue weighted by Crippen LogP contribution is 2.27. The van der Waals surface area contributed by atoms with Crippen LogP contribution in [0.5, 0.6) is 5.75 Å². The number of nitrogens with one attached hydrogen (secondary N) is 1. The first-order valence-electron chi connectivity index (χ1n) is 10.7. The van der Waals surface area contributed by atoms with Gasteiger partial charge < -0.3 is 19.5 Å². The van der Waals surface area contributed by atoms with Crippen LogP contribution in [0.25, 0.3) is 22.2 Å². The Kier molecular flexibility index (Phi) is 5.33. The van der Waals surface area contributed by atoms with Gasteiger partial charge in [0.05, 0.1) is 7.11 Å². The predicted octanol–water partition coefficient (Wildman–Crippen LogP) is 3.62. The summed E-state index contributed by atoms with van der Waals surface area (Å²) in [6, 6.07) is 13.3. The summed E-state index contributed by atoms with van der Waals surface area (Å²) < 4.78 is 5.19. The SMILES string of the molecule is COc1ccc(C(=O)c2c[nH]c3ncc(-c4ccc(N5CCN(C)CC5)nc4)cc23)cc1. The lowest BCUT2D eigenvalue weighted by Crippen LogP contribution is -2.44. The molecule has 7 nitrogen and oxygen atoms in total. The number of ether oxygens (including phenoxy) is 1. The molecule has 0 saturated carbocycles. The summed E-state index contributed by atoms with van der Waals surface area (Å²) in [7, 11) is 3.75. The highest BCUT2D eigenvalue weighted by atomic mass is 16.5. The molecule has 4 heterocycles. The van der Waals surface area contributed by atoms with E-state index < -0.39 is 0 Å². The number of methoxy groups -OCH3 is 1. The van der Waals surface area contributed by atoms with Crippen LogP contribution in [0.2, 0.25) is 0 Å². The molecule has 32 heavy (non-hydrogen) atoms. The second kappa shape index (κ2) is 8.43. The lowest BCUT2D eigenvalue weighted by molar-refractivity contribution is 0.104. The van der Waals surface area contributed by atoms with Crippen molar-refractivity contribution in [1.82, 2.24) is 19.9 Å². The number of nitrogens with zero attached hydrogens (tertiary/aromatic N) is 4. The number of likely N-dealkylation sites (N-methyl/N-ethyl adjacent to an activating group) is 1. The van der Waals surface area contributed by atoms with Gasteiger partial charge in [0, 0.05) is 72.4 Å². The van der Waals surface area contributed by atoms with Crippen molar-refractivity contribution in [2.75, 3.05) is 45.2 Å². The molecule has 1 aliphatic heterocycles. The average Bonchev–Trinajstić information content (AvgIpc) is 3.27. The largest absolute Gasteiger partial charge is 0.497 e. The average molecular weight is 428 g/mol. The normalized spacial score (nSPS) is 14.6. The number of rotatable bonds is 5. The Bertz CT molecular complexity index is 1240.